The highest BCUT2D eigenvalue weighted by Gasteiger charge is 2.20. The van der Waals surface area contributed by atoms with Crippen molar-refractivity contribution in [2.45, 2.75) is 0 Å². The summed E-state index contributed by atoms with van der Waals surface area (Å²) in [7, 11) is 0. The summed E-state index contributed by atoms with van der Waals surface area (Å²) in [4.78, 5) is 10.1. The summed E-state index contributed by atoms with van der Waals surface area (Å²) in [5, 5.41) is 4.27. The Kier molecular flexibility index (Phi) is 5.46. The highest BCUT2D eigenvalue weighted by Crippen LogP contribution is 2.40. The fourth-order valence-electron chi connectivity index (χ4n) is 5.72. The van der Waals surface area contributed by atoms with Gasteiger partial charge in [0.15, 0.2) is 5.82 Å². The summed E-state index contributed by atoms with van der Waals surface area (Å²) in [6.07, 6.45) is 0. The summed E-state index contributed by atoms with van der Waals surface area (Å²) in [5.74, 6) is 0.646. The zero-order chi connectivity index (χ0) is 27.2. The van der Waals surface area contributed by atoms with E-state index in [2.05, 4.69) is 103 Å². The van der Waals surface area contributed by atoms with Gasteiger partial charge in [0.1, 0.15) is 5.58 Å². The molecule has 41 heavy (non-hydrogen) atoms. The van der Waals surface area contributed by atoms with E-state index in [0.29, 0.717) is 11.5 Å². The van der Waals surface area contributed by atoms with Crippen LogP contribution < -0.4 is 0 Å². The molecule has 3 heteroatoms. The van der Waals surface area contributed by atoms with Crippen molar-refractivity contribution in [2.75, 3.05) is 0 Å². The van der Waals surface area contributed by atoms with Gasteiger partial charge < -0.3 is 4.42 Å². The van der Waals surface area contributed by atoms with E-state index in [-0.39, 0.29) is 0 Å². The average molecular weight is 525 g/mol. The smallest absolute Gasteiger partial charge is 0.231 e. The second kappa shape index (κ2) is 9.58. The maximum absolute atomic E-state index is 6.41. The van der Waals surface area contributed by atoms with Gasteiger partial charge in [-0.25, -0.2) is 4.98 Å². The summed E-state index contributed by atoms with van der Waals surface area (Å²) in [5.41, 5.74) is 8.92. The lowest BCUT2D eigenvalue weighted by molar-refractivity contribution is 0.654. The fraction of sp³-hybridized carbons (Fsp3) is 0. The molecule has 0 unspecified atom stereocenters. The molecule has 2 heterocycles. The van der Waals surface area contributed by atoms with Gasteiger partial charge in [0.25, 0.3) is 0 Å². The molecule has 0 aliphatic carbocycles. The Hall–Kier alpha value is -5.54. The molecule has 2 aromatic heterocycles. The summed E-state index contributed by atoms with van der Waals surface area (Å²) in [6.45, 7) is 0. The molecule has 0 atom stereocenters. The summed E-state index contributed by atoms with van der Waals surface area (Å²) < 4.78 is 6.41. The number of rotatable bonds is 4. The van der Waals surface area contributed by atoms with Crippen LogP contribution in [0.5, 0.6) is 0 Å². The van der Waals surface area contributed by atoms with Crippen LogP contribution in [0.3, 0.4) is 0 Å². The van der Waals surface area contributed by atoms with E-state index < -0.39 is 0 Å². The van der Waals surface area contributed by atoms with Crippen LogP contribution in [0, 0.1) is 0 Å². The minimum Gasteiger partial charge on any atom is -0.438 e. The third-order valence-electron chi connectivity index (χ3n) is 7.69. The first kappa shape index (κ1) is 23.4. The second-order valence-electron chi connectivity index (χ2n) is 10.2. The highest BCUT2D eigenvalue weighted by atomic mass is 16.3. The molecule has 0 bridgehead atoms. The number of aromatic nitrogens is 2. The second-order valence-corrected chi connectivity index (χ2v) is 10.2. The number of benzene rings is 6. The van der Waals surface area contributed by atoms with Crippen molar-refractivity contribution in [3.05, 3.63) is 146 Å². The van der Waals surface area contributed by atoms with Crippen LogP contribution in [0.2, 0.25) is 0 Å². The molecule has 3 nitrogen and oxygen atoms in total. The Morgan fingerprint density at radius 2 is 1.00 bits per heavy atom. The molecule has 6 aromatic carbocycles. The van der Waals surface area contributed by atoms with Crippen LogP contribution in [0.15, 0.2) is 150 Å². The van der Waals surface area contributed by atoms with Crippen LogP contribution in [0.4, 0.5) is 0 Å². The Morgan fingerprint density at radius 3 is 1.76 bits per heavy atom. The number of hydrogen-bond donors (Lipinski definition) is 0. The molecule has 8 rings (SSSR count). The van der Waals surface area contributed by atoms with Crippen molar-refractivity contribution in [3.8, 4) is 44.9 Å². The summed E-state index contributed by atoms with van der Waals surface area (Å²) >= 11 is 0. The van der Waals surface area contributed by atoms with E-state index >= 15 is 0 Å². The first-order valence-corrected chi connectivity index (χ1v) is 13.8. The molecule has 8 aromatic rings. The molecule has 0 saturated carbocycles. The first-order valence-electron chi connectivity index (χ1n) is 13.8. The van der Waals surface area contributed by atoms with Gasteiger partial charge in [-0.3, -0.25) is 0 Å². The predicted octanol–water partition coefficient (Wildman–Crippen LogP) is 10.2. The summed E-state index contributed by atoms with van der Waals surface area (Å²) in [6, 6.07) is 50.5. The van der Waals surface area contributed by atoms with Crippen molar-refractivity contribution in [2.24, 2.45) is 0 Å². The lowest BCUT2D eigenvalue weighted by atomic mass is 9.96. The van der Waals surface area contributed by atoms with E-state index in [0.717, 1.165) is 55.1 Å². The zero-order valence-electron chi connectivity index (χ0n) is 22.2. The van der Waals surface area contributed by atoms with Crippen LogP contribution in [-0.4, -0.2) is 9.97 Å². The number of nitrogens with zero attached hydrogens (tertiary/aromatic N) is 2. The number of hydrogen-bond acceptors (Lipinski definition) is 3. The molecular weight excluding hydrogens is 500 g/mol. The predicted molar refractivity (Wildman–Crippen MR) is 169 cm³/mol. The molecule has 0 N–H and O–H groups in total. The van der Waals surface area contributed by atoms with E-state index in [1.165, 1.54) is 11.1 Å². The van der Waals surface area contributed by atoms with Crippen molar-refractivity contribution in [3.63, 3.8) is 0 Å². The Bertz CT molecular complexity index is 2200. The molecule has 192 valence electrons. The largest absolute Gasteiger partial charge is 0.438 e. The Balaban J connectivity index is 1.38. The van der Waals surface area contributed by atoms with Gasteiger partial charge in [-0.1, -0.05) is 127 Å². The molecule has 0 aliphatic rings. The lowest BCUT2D eigenvalue weighted by Gasteiger charge is -2.10. The van der Waals surface area contributed by atoms with E-state index in [1.54, 1.807) is 0 Å². The van der Waals surface area contributed by atoms with E-state index in [4.69, 9.17) is 14.4 Å². The highest BCUT2D eigenvalue weighted by molar-refractivity contribution is 6.21. The maximum Gasteiger partial charge on any atom is 0.231 e. The van der Waals surface area contributed by atoms with Crippen LogP contribution in [-0.2, 0) is 0 Å². The lowest BCUT2D eigenvalue weighted by Crippen LogP contribution is -1.94. The van der Waals surface area contributed by atoms with Crippen molar-refractivity contribution >= 4 is 32.8 Å². The first-order chi connectivity index (χ1) is 20.3. The molecule has 0 fully saturated rings. The monoisotopic (exact) mass is 524 g/mol. The Morgan fingerprint density at radius 1 is 0.415 bits per heavy atom. The van der Waals surface area contributed by atoms with Crippen LogP contribution in [0.1, 0.15) is 0 Å². The average Bonchev–Trinajstić information content (AvgIpc) is 3.44. The van der Waals surface area contributed by atoms with Crippen molar-refractivity contribution in [1.82, 2.24) is 9.97 Å². The Labute approximate surface area is 237 Å². The third-order valence-corrected chi connectivity index (χ3v) is 7.69. The minimum absolute atomic E-state index is 0.594. The fourth-order valence-corrected chi connectivity index (χ4v) is 5.72. The molecule has 0 radical (unpaired) electrons. The quantitative estimate of drug-likeness (QED) is 0.230. The van der Waals surface area contributed by atoms with Gasteiger partial charge in [-0.15, -0.1) is 0 Å². The van der Waals surface area contributed by atoms with Crippen molar-refractivity contribution < 1.29 is 4.42 Å². The van der Waals surface area contributed by atoms with Gasteiger partial charge >= 0.3 is 0 Å². The maximum atomic E-state index is 6.41. The SMILES string of the molecule is c1ccc(-c2cccc(-c3cccc(-c4nc(-c5ccccc5)nc5oc6ccc7ccccc7c6c45)c3)c2)cc1. The standard InChI is InChI=1S/C38H24N2O/c1-3-11-25(12-4-1)28-16-9-17-29(23-28)30-18-10-19-31(24-30)36-35-34-32-20-8-7-13-26(32)21-22-33(34)41-38(35)40-37(39-36)27-14-5-2-6-15-27/h1-24H. The minimum atomic E-state index is 0.594. The van der Waals surface area contributed by atoms with Gasteiger partial charge in [0, 0.05) is 16.5 Å². The normalized spacial score (nSPS) is 11.4. The third kappa shape index (κ3) is 4.07. The van der Waals surface area contributed by atoms with Crippen molar-refractivity contribution in [1.29, 1.82) is 0 Å². The van der Waals surface area contributed by atoms with E-state index in [1.807, 2.05) is 42.5 Å². The van der Waals surface area contributed by atoms with Crippen LogP contribution >= 0.6 is 0 Å². The molecular formula is C38H24N2O. The zero-order valence-corrected chi connectivity index (χ0v) is 22.2. The molecule has 0 saturated heterocycles. The topological polar surface area (TPSA) is 38.9 Å². The molecule has 0 amide bonds. The van der Waals surface area contributed by atoms with Crippen LogP contribution in [0.25, 0.3) is 77.7 Å². The van der Waals surface area contributed by atoms with Gasteiger partial charge in [-0.2, -0.15) is 4.98 Å². The molecule has 0 aliphatic heterocycles. The number of fused-ring (bicyclic) bond motifs is 5. The van der Waals surface area contributed by atoms with Gasteiger partial charge in [0.2, 0.25) is 5.71 Å². The van der Waals surface area contributed by atoms with E-state index in [9.17, 15) is 0 Å². The van der Waals surface area contributed by atoms with Gasteiger partial charge in [-0.05, 0) is 51.2 Å². The van der Waals surface area contributed by atoms with Gasteiger partial charge in [0.05, 0.1) is 11.1 Å². The number of furan rings is 1. The molecule has 0 spiro atoms.